The summed E-state index contributed by atoms with van der Waals surface area (Å²) in [6, 6.07) is 1.95. The van der Waals surface area contributed by atoms with Crippen molar-refractivity contribution in [2.45, 2.75) is 57.9 Å². The molecule has 0 radical (unpaired) electrons. The van der Waals surface area contributed by atoms with Gasteiger partial charge in [-0.2, -0.15) is 0 Å². The van der Waals surface area contributed by atoms with Crippen LogP contribution in [0.15, 0.2) is 6.07 Å². The fourth-order valence-corrected chi connectivity index (χ4v) is 3.22. The molecule has 2 unspecified atom stereocenters. The van der Waals surface area contributed by atoms with Gasteiger partial charge in [-0.15, -0.1) is 11.6 Å². The summed E-state index contributed by atoms with van der Waals surface area (Å²) in [5.74, 6) is 1.91. The Balaban J connectivity index is 2.40. The maximum absolute atomic E-state index is 6.11. The van der Waals surface area contributed by atoms with E-state index in [9.17, 15) is 0 Å². The summed E-state index contributed by atoms with van der Waals surface area (Å²) in [5.41, 5.74) is 1.55. The summed E-state index contributed by atoms with van der Waals surface area (Å²) in [6.07, 6.45) is 4.46. The number of ether oxygens (including phenoxy) is 1. The second-order valence-electron chi connectivity index (χ2n) is 5.59. The molecule has 1 aliphatic carbocycles. The average molecular weight is 283 g/mol. The van der Waals surface area contributed by atoms with E-state index in [0.717, 1.165) is 30.1 Å². The molecule has 0 spiro atoms. The molecule has 1 heterocycles. The normalized spacial score (nSPS) is 27.5. The molecule has 1 aromatic rings. The van der Waals surface area contributed by atoms with Crippen molar-refractivity contribution in [3.05, 3.63) is 23.3 Å². The van der Waals surface area contributed by atoms with Gasteiger partial charge in [0.15, 0.2) is 5.82 Å². The predicted octanol–water partition coefficient (Wildman–Crippen LogP) is 3.97. The highest BCUT2D eigenvalue weighted by Gasteiger charge is 2.40. The highest BCUT2D eigenvalue weighted by atomic mass is 35.5. The van der Waals surface area contributed by atoms with E-state index < -0.39 is 0 Å². The largest absolute Gasteiger partial charge is 0.367 e. The number of hydrogen-bond acceptors (Lipinski definition) is 3. The third-order valence-electron chi connectivity index (χ3n) is 3.83. The lowest BCUT2D eigenvalue weighted by Gasteiger charge is -2.38. The van der Waals surface area contributed by atoms with Crippen LogP contribution in [0.5, 0.6) is 0 Å². The number of alkyl halides is 1. The van der Waals surface area contributed by atoms with Gasteiger partial charge < -0.3 is 4.74 Å². The average Bonchev–Trinajstić information content (AvgIpc) is 2.38. The minimum atomic E-state index is -0.306. The van der Waals surface area contributed by atoms with Gasteiger partial charge in [-0.3, -0.25) is 0 Å². The van der Waals surface area contributed by atoms with Gasteiger partial charge in [-0.05, 0) is 45.1 Å². The van der Waals surface area contributed by atoms with Crippen LogP contribution in [-0.2, 0) is 16.2 Å². The van der Waals surface area contributed by atoms with Crippen molar-refractivity contribution in [1.82, 2.24) is 9.97 Å². The Hall–Kier alpha value is -0.670. The first kappa shape index (κ1) is 14.7. The van der Waals surface area contributed by atoms with Crippen molar-refractivity contribution < 1.29 is 4.74 Å². The Morgan fingerprint density at radius 1 is 1.47 bits per heavy atom. The van der Waals surface area contributed by atoms with Crippen LogP contribution in [0, 0.1) is 12.8 Å². The third kappa shape index (κ3) is 3.26. The predicted molar refractivity (Wildman–Crippen MR) is 77.3 cm³/mol. The fourth-order valence-electron chi connectivity index (χ4n) is 3.08. The molecule has 3 nitrogen and oxygen atoms in total. The van der Waals surface area contributed by atoms with E-state index in [0.29, 0.717) is 18.4 Å². The lowest BCUT2D eigenvalue weighted by atomic mass is 9.78. The topological polar surface area (TPSA) is 35.0 Å². The van der Waals surface area contributed by atoms with E-state index in [1.165, 1.54) is 12.8 Å². The van der Waals surface area contributed by atoms with E-state index in [1.807, 2.05) is 19.9 Å². The van der Waals surface area contributed by atoms with Crippen LogP contribution in [0.2, 0.25) is 0 Å². The van der Waals surface area contributed by atoms with Gasteiger partial charge in [-0.1, -0.05) is 13.3 Å². The molecule has 0 aromatic carbocycles. The van der Waals surface area contributed by atoms with Crippen LogP contribution in [0.25, 0.3) is 0 Å². The minimum absolute atomic E-state index is 0.306. The fraction of sp³-hybridized carbons (Fsp3) is 0.733. The maximum Gasteiger partial charge on any atom is 0.160 e. The number of halogens is 1. The Morgan fingerprint density at radius 2 is 2.26 bits per heavy atom. The molecule has 1 aromatic heterocycles. The van der Waals surface area contributed by atoms with Crippen molar-refractivity contribution >= 4 is 11.6 Å². The van der Waals surface area contributed by atoms with Crippen molar-refractivity contribution in [2.24, 2.45) is 5.92 Å². The molecular formula is C15H23ClN2O. The zero-order chi connectivity index (χ0) is 13.9. The molecule has 0 saturated heterocycles. The van der Waals surface area contributed by atoms with E-state index in [-0.39, 0.29) is 5.60 Å². The Bertz CT molecular complexity index is 434. The molecule has 106 valence electrons. The summed E-state index contributed by atoms with van der Waals surface area (Å²) in [4.78, 5) is 9.27. The molecule has 1 fully saturated rings. The number of hydrogen-bond donors (Lipinski definition) is 0. The lowest BCUT2D eigenvalue weighted by molar-refractivity contribution is -0.0882. The summed E-state index contributed by atoms with van der Waals surface area (Å²) >= 11 is 5.93. The monoisotopic (exact) mass is 282 g/mol. The molecule has 2 rings (SSSR count). The third-order valence-corrected chi connectivity index (χ3v) is 4.10. The number of aryl methyl sites for hydroxylation is 1. The summed E-state index contributed by atoms with van der Waals surface area (Å²) in [5, 5.41) is 0. The van der Waals surface area contributed by atoms with Crippen molar-refractivity contribution in [1.29, 1.82) is 0 Å². The van der Waals surface area contributed by atoms with Crippen LogP contribution in [-0.4, -0.2) is 16.6 Å². The van der Waals surface area contributed by atoms with Crippen LogP contribution in [0.1, 0.15) is 56.7 Å². The molecule has 0 amide bonds. The molecule has 4 heteroatoms. The molecular weight excluding hydrogens is 260 g/mol. The molecule has 0 N–H and O–H groups in total. The first-order valence-corrected chi connectivity index (χ1v) is 7.68. The number of aromatic nitrogens is 2. The van der Waals surface area contributed by atoms with Crippen molar-refractivity contribution in [3.63, 3.8) is 0 Å². The SMILES string of the molecule is CCOC1(c2nc(C)cc(CCl)n2)CCCC(C)C1. The van der Waals surface area contributed by atoms with Crippen LogP contribution in [0.3, 0.4) is 0 Å². The van der Waals surface area contributed by atoms with E-state index in [2.05, 4.69) is 16.9 Å². The molecule has 19 heavy (non-hydrogen) atoms. The van der Waals surface area contributed by atoms with Gasteiger partial charge in [0.1, 0.15) is 5.60 Å². The van der Waals surface area contributed by atoms with Crippen LogP contribution < -0.4 is 0 Å². The second-order valence-corrected chi connectivity index (χ2v) is 5.85. The summed E-state index contributed by atoms with van der Waals surface area (Å²) in [7, 11) is 0. The first-order valence-electron chi connectivity index (χ1n) is 7.14. The van der Waals surface area contributed by atoms with Gasteiger partial charge in [0.05, 0.1) is 11.6 Å². The van der Waals surface area contributed by atoms with Crippen LogP contribution in [0.4, 0.5) is 0 Å². The minimum Gasteiger partial charge on any atom is -0.367 e. The van der Waals surface area contributed by atoms with Crippen molar-refractivity contribution in [3.8, 4) is 0 Å². The number of nitrogens with zero attached hydrogens (tertiary/aromatic N) is 2. The molecule has 1 saturated carbocycles. The van der Waals surface area contributed by atoms with E-state index in [4.69, 9.17) is 16.3 Å². The van der Waals surface area contributed by atoms with Gasteiger partial charge in [0.2, 0.25) is 0 Å². The Kier molecular flexibility index (Phi) is 4.80. The highest BCUT2D eigenvalue weighted by molar-refractivity contribution is 6.16. The summed E-state index contributed by atoms with van der Waals surface area (Å²) in [6.45, 7) is 7.01. The zero-order valence-corrected chi connectivity index (χ0v) is 12.8. The Labute approximate surface area is 120 Å². The molecule has 2 atom stereocenters. The first-order chi connectivity index (χ1) is 9.09. The summed E-state index contributed by atoms with van der Waals surface area (Å²) < 4.78 is 6.11. The second kappa shape index (κ2) is 6.19. The van der Waals surface area contributed by atoms with Gasteiger partial charge in [0, 0.05) is 12.3 Å². The molecule has 1 aliphatic rings. The smallest absolute Gasteiger partial charge is 0.160 e. The van der Waals surface area contributed by atoms with Gasteiger partial charge >= 0.3 is 0 Å². The standard InChI is InChI=1S/C15H23ClN2O/c1-4-19-15(7-5-6-11(2)9-15)14-17-12(3)8-13(10-16)18-14/h8,11H,4-7,9-10H2,1-3H3. The lowest BCUT2D eigenvalue weighted by Crippen LogP contribution is -2.37. The van der Waals surface area contributed by atoms with Gasteiger partial charge in [-0.25, -0.2) is 9.97 Å². The van der Waals surface area contributed by atoms with Crippen LogP contribution >= 0.6 is 11.6 Å². The molecule has 0 aliphatic heterocycles. The van der Waals surface area contributed by atoms with Gasteiger partial charge in [0.25, 0.3) is 0 Å². The van der Waals surface area contributed by atoms with E-state index >= 15 is 0 Å². The zero-order valence-electron chi connectivity index (χ0n) is 12.1. The highest BCUT2D eigenvalue weighted by Crippen LogP contribution is 2.41. The molecule has 0 bridgehead atoms. The van der Waals surface area contributed by atoms with Crippen molar-refractivity contribution in [2.75, 3.05) is 6.61 Å². The number of rotatable bonds is 4. The Morgan fingerprint density at radius 3 is 2.89 bits per heavy atom. The van der Waals surface area contributed by atoms with E-state index in [1.54, 1.807) is 0 Å². The maximum atomic E-state index is 6.11. The quantitative estimate of drug-likeness (QED) is 0.784.